The van der Waals surface area contributed by atoms with Crippen molar-refractivity contribution < 1.29 is 14.4 Å². The summed E-state index contributed by atoms with van der Waals surface area (Å²) in [6.45, 7) is 4.42. The minimum absolute atomic E-state index is 0.00671. The molecule has 1 aromatic rings. The molecule has 1 aromatic carbocycles. The van der Waals surface area contributed by atoms with Gasteiger partial charge in [-0.15, -0.1) is 0 Å². The van der Waals surface area contributed by atoms with Gasteiger partial charge in [-0.3, -0.25) is 10.1 Å². The number of ether oxygens (including phenoxy) is 2. The molecule has 0 radical (unpaired) electrons. The zero-order valence-corrected chi connectivity index (χ0v) is 13.3. The van der Waals surface area contributed by atoms with Crippen LogP contribution >= 0.6 is 24.4 Å². The van der Waals surface area contributed by atoms with Gasteiger partial charge in [-0.2, -0.15) is 0 Å². The fourth-order valence-corrected chi connectivity index (χ4v) is 2.12. The predicted molar refractivity (Wildman–Crippen MR) is 89.5 cm³/mol. The van der Waals surface area contributed by atoms with E-state index in [2.05, 4.69) is 0 Å². The molecule has 21 heavy (non-hydrogen) atoms. The van der Waals surface area contributed by atoms with Gasteiger partial charge in [-0.1, -0.05) is 12.1 Å². The van der Waals surface area contributed by atoms with Gasteiger partial charge >= 0.3 is 0 Å². The molecular weight excluding hydrogens is 310 g/mol. The lowest BCUT2D eigenvalue weighted by Gasteiger charge is -2.11. The van der Waals surface area contributed by atoms with Crippen LogP contribution in [0, 0.1) is 10.1 Å². The van der Waals surface area contributed by atoms with Gasteiger partial charge < -0.3 is 9.47 Å². The third-order valence-corrected chi connectivity index (χ3v) is 3.06. The van der Waals surface area contributed by atoms with Crippen molar-refractivity contribution in [2.75, 3.05) is 13.2 Å². The molecular formula is C14H15NO4S2. The van der Waals surface area contributed by atoms with E-state index in [-0.39, 0.29) is 15.8 Å². The molecule has 0 aliphatic rings. The van der Waals surface area contributed by atoms with Gasteiger partial charge in [0.1, 0.15) is 0 Å². The molecule has 0 aliphatic carbocycles. The van der Waals surface area contributed by atoms with Crippen molar-refractivity contribution in [3.63, 3.8) is 0 Å². The van der Waals surface area contributed by atoms with Crippen molar-refractivity contribution in [2.45, 2.75) is 13.8 Å². The Morgan fingerprint density at radius 1 is 1.24 bits per heavy atom. The third-order valence-electron chi connectivity index (χ3n) is 2.38. The molecule has 7 heteroatoms. The van der Waals surface area contributed by atoms with Crippen LogP contribution in [0.3, 0.4) is 0 Å². The van der Waals surface area contributed by atoms with Gasteiger partial charge in [0.2, 0.25) is 0 Å². The highest BCUT2D eigenvalue weighted by molar-refractivity contribution is 7.82. The Labute approximate surface area is 133 Å². The summed E-state index contributed by atoms with van der Waals surface area (Å²) >= 11 is 10.3. The molecule has 0 bridgehead atoms. The molecule has 0 atom stereocenters. The third kappa shape index (κ3) is 5.20. The Balaban J connectivity index is 3.17. The standard InChI is InChI=1S/C14H15NO4S2/c1-3-18-13(20)12(14(21)19-4-2)9-10-6-5-7-11(8-10)15(16)17/h5-9H,3-4H2,1-2H3. The van der Waals surface area contributed by atoms with Gasteiger partial charge in [-0.25, -0.2) is 0 Å². The Bertz CT molecular complexity index is 564. The molecule has 1 rings (SSSR count). The van der Waals surface area contributed by atoms with Crippen LogP contribution in [-0.2, 0) is 9.47 Å². The van der Waals surface area contributed by atoms with Crippen molar-refractivity contribution in [1.29, 1.82) is 0 Å². The minimum atomic E-state index is -0.460. The summed E-state index contributed by atoms with van der Waals surface area (Å²) in [4.78, 5) is 10.3. The molecule has 0 heterocycles. The lowest BCUT2D eigenvalue weighted by molar-refractivity contribution is -0.384. The van der Waals surface area contributed by atoms with Gasteiger partial charge in [0.25, 0.3) is 5.69 Å². The maximum absolute atomic E-state index is 10.8. The van der Waals surface area contributed by atoms with E-state index in [1.807, 2.05) is 0 Å². The van der Waals surface area contributed by atoms with Crippen molar-refractivity contribution >= 4 is 46.3 Å². The number of thiocarbonyl (C=S) groups is 2. The largest absolute Gasteiger partial charge is 0.483 e. The van der Waals surface area contributed by atoms with E-state index in [0.29, 0.717) is 24.4 Å². The molecule has 0 N–H and O–H groups in total. The smallest absolute Gasteiger partial charge is 0.270 e. The summed E-state index contributed by atoms with van der Waals surface area (Å²) in [5.74, 6) is 0. The molecule has 0 amide bonds. The van der Waals surface area contributed by atoms with E-state index in [1.165, 1.54) is 12.1 Å². The van der Waals surface area contributed by atoms with Gasteiger partial charge in [-0.05, 0) is 49.9 Å². The number of non-ortho nitro benzene ring substituents is 1. The Morgan fingerprint density at radius 2 is 1.81 bits per heavy atom. The summed E-state index contributed by atoms with van der Waals surface area (Å²) < 4.78 is 10.6. The maximum Gasteiger partial charge on any atom is 0.270 e. The first-order chi connectivity index (χ1) is 9.99. The summed E-state index contributed by atoms with van der Waals surface area (Å²) in [5, 5.41) is 11.2. The van der Waals surface area contributed by atoms with Crippen LogP contribution in [-0.4, -0.2) is 28.2 Å². The van der Waals surface area contributed by atoms with Crippen LogP contribution < -0.4 is 0 Å². The van der Waals surface area contributed by atoms with E-state index >= 15 is 0 Å². The monoisotopic (exact) mass is 325 g/mol. The Morgan fingerprint density at radius 3 is 2.29 bits per heavy atom. The quantitative estimate of drug-likeness (QED) is 0.344. The van der Waals surface area contributed by atoms with Crippen LogP contribution in [0.2, 0.25) is 0 Å². The number of hydrogen-bond acceptors (Lipinski definition) is 6. The summed E-state index contributed by atoms with van der Waals surface area (Å²) in [6, 6.07) is 6.16. The van der Waals surface area contributed by atoms with E-state index in [9.17, 15) is 10.1 Å². The summed E-state index contributed by atoms with van der Waals surface area (Å²) in [7, 11) is 0. The van der Waals surface area contributed by atoms with Crippen LogP contribution in [0.25, 0.3) is 6.08 Å². The normalized spacial score (nSPS) is 9.62. The second-order valence-electron chi connectivity index (χ2n) is 3.85. The fraction of sp³-hybridized carbons (Fsp3) is 0.286. The van der Waals surface area contributed by atoms with Crippen LogP contribution in [0.15, 0.2) is 29.8 Å². The average molecular weight is 325 g/mol. The second-order valence-corrected chi connectivity index (χ2v) is 4.59. The topological polar surface area (TPSA) is 61.6 Å². The van der Waals surface area contributed by atoms with Crippen LogP contribution in [0.5, 0.6) is 0 Å². The van der Waals surface area contributed by atoms with Gasteiger partial charge in [0, 0.05) is 12.1 Å². The minimum Gasteiger partial charge on any atom is -0.483 e. The van der Waals surface area contributed by atoms with Gasteiger partial charge in [0.15, 0.2) is 10.1 Å². The molecule has 0 saturated carbocycles. The first-order valence-electron chi connectivity index (χ1n) is 6.30. The predicted octanol–water partition coefficient (Wildman–Crippen LogP) is 3.71. The van der Waals surface area contributed by atoms with Crippen molar-refractivity contribution in [1.82, 2.24) is 0 Å². The van der Waals surface area contributed by atoms with Crippen LogP contribution in [0.1, 0.15) is 19.4 Å². The number of nitro benzene ring substituents is 1. The number of benzene rings is 1. The summed E-state index contributed by atoms with van der Waals surface area (Å²) in [5.41, 5.74) is 1.03. The van der Waals surface area contributed by atoms with Crippen molar-refractivity contribution in [3.8, 4) is 0 Å². The van der Waals surface area contributed by atoms with Crippen LogP contribution in [0.4, 0.5) is 5.69 Å². The molecule has 0 aromatic heterocycles. The van der Waals surface area contributed by atoms with Gasteiger partial charge in [0.05, 0.1) is 23.7 Å². The molecule has 0 unspecified atom stereocenters. The van der Waals surface area contributed by atoms with E-state index in [0.717, 1.165) is 0 Å². The SMILES string of the molecule is CCOC(=S)C(=Cc1cccc([N+](=O)[O-])c1)C(=S)OCC. The van der Waals surface area contributed by atoms with Crippen molar-refractivity contribution in [3.05, 3.63) is 45.5 Å². The lowest BCUT2D eigenvalue weighted by Crippen LogP contribution is -2.15. The van der Waals surface area contributed by atoms with E-state index < -0.39 is 4.92 Å². The first-order valence-corrected chi connectivity index (χ1v) is 7.11. The maximum atomic E-state index is 10.8. The lowest BCUT2D eigenvalue weighted by atomic mass is 10.1. The molecule has 5 nitrogen and oxygen atoms in total. The first kappa shape index (κ1) is 17.2. The zero-order chi connectivity index (χ0) is 15.8. The highest BCUT2D eigenvalue weighted by atomic mass is 32.1. The van der Waals surface area contributed by atoms with E-state index in [4.69, 9.17) is 33.9 Å². The Hall–Kier alpha value is -1.86. The number of nitrogens with zero attached hydrogens (tertiary/aromatic N) is 1. The van der Waals surface area contributed by atoms with E-state index in [1.54, 1.807) is 32.1 Å². The molecule has 0 saturated heterocycles. The molecule has 0 spiro atoms. The van der Waals surface area contributed by atoms with Crippen molar-refractivity contribution in [2.24, 2.45) is 0 Å². The number of nitro groups is 1. The molecule has 0 aliphatic heterocycles. The highest BCUT2D eigenvalue weighted by Crippen LogP contribution is 2.18. The molecule has 0 fully saturated rings. The average Bonchev–Trinajstić information content (AvgIpc) is 2.45. The molecule has 112 valence electrons. The summed E-state index contributed by atoms with van der Waals surface area (Å²) in [6.07, 6.45) is 1.63. The number of rotatable bonds is 6. The number of hydrogen-bond donors (Lipinski definition) is 0. The second kappa shape index (κ2) is 8.43. The Kier molecular flexibility index (Phi) is 6.90. The highest BCUT2D eigenvalue weighted by Gasteiger charge is 2.14. The zero-order valence-electron chi connectivity index (χ0n) is 11.7. The fourth-order valence-electron chi connectivity index (χ4n) is 1.51.